The van der Waals surface area contributed by atoms with E-state index in [1.54, 1.807) is 41.1 Å². The Morgan fingerprint density at radius 1 is 1.10 bits per heavy atom. The number of aromatic nitrogens is 6. The Hall–Kier alpha value is -4.65. The molecule has 0 radical (unpaired) electrons. The number of rotatable bonds is 7. The lowest BCUT2D eigenvalue weighted by atomic mass is 10.0. The van der Waals surface area contributed by atoms with Crippen LogP contribution in [0.25, 0.3) is 16.6 Å². The number of alkyl halides is 2. The maximum atomic E-state index is 14.9. The van der Waals surface area contributed by atoms with Crippen molar-refractivity contribution in [1.29, 1.82) is 0 Å². The van der Waals surface area contributed by atoms with Crippen LogP contribution in [0.1, 0.15) is 12.0 Å². The summed E-state index contributed by atoms with van der Waals surface area (Å²) in [6.45, 7) is 1.98. The molecular weight excluding hydrogens is 522 g/mol. The van der Waals surface area contributed by atoms with Crippen molar-refractivity contribution >= 4 is 28.1 Å². The van der Waals surface area contributed by atoms with E-state index < -0.39 is 18.6 Å². The molecule has 1 aliphatic heterocycles. The zero-order valence-electron chi connectivity index (χ0n) is 22.0. The predicted molar refractivity (Wildman–Crippen MR) is 143 cm³/mol. The minimum absolute atomic E-state index is 0.0656. The van der Waals surface area contributed by atoms with Gasteiger partial charge in [0.2, 0.25) is 0 Å². The third-order valence-electron chi connectivity index (χ3n) is 6.68. The molecule has 1 saturated heterocycles. The summed E-state index contributed by atoms with van der Waals surface area (Å²) in [5.74, 6) is -1.38. The van der Waals surface area contributed by atoms with Crippen LogP contribution in [0.15, 0.2) is 55.4 Å². The average Bonchev–Trinajstić information content (AvgIpc) is 3.39. The van der Waals surface area contributed by atoms with E-state index in [9.17, 15) is 8.78 Å². The largest absolute Gasteiger partial charge is 0.478 e. The number of aryl methyl sites for hydroxylation is 1. The number of imidazole rings is 1. The van der Waals surface area contributed by atoms with Gasteiger partial charge in [0.1, 0.15) is 17.9 Å². The third-order valence-corrected chi connectivity index (χ3v) is 6.68. The van der Waals surface area contributed by atoms with Gasteiger partial charge in [-0.2, -0.15) is 5.10 Å². The molecule has 4 aromatic heterocycles. The van der Waals surface area contributed by atoms with E-state index >= 15 is 0 Å². The Balaban J connectivity index is 1.31. The SMILES string of the molecule is COc1ncc2ncnc(Nc3ccc(Oc4cnn5ccnc5c4)c(C)c3)c2c1O[C@@H]1CCN(C)CC1(F)F. The van der Waals surface area contributed by atoms with Crippen molar-refractivity contribution in [3.63, 3.8) is 0 Å². The number of piperidine rings is 1. The first-order valence-corrected chi connectivity index (χ1v) is 12.6. The van der Waals surface area contributed by atoms with Gasteiger partial charge < -0.3 is 24.4 Å². The summed E-state index contributed by atoms with van der Waals surface area (Å²) < 4.78 is 48.8. The highest BCUT2D eigenvalue weighted by Gasteiger charge is 2.46. The van der Waals surface area contributed by atoms with Gasteiger partial charge in [-0.05, 0) is 37.7 Å². The van der Waals surface area contributed by atoms with Crippen LogP contribution < -0.4 is 19.5 Å². The van der Waals surface area contributed by atoms with Crippen LogP contribution in [0.4, 0.5) is 20.3 Å². The zero-order chi connectivity index (χ0) is 27.9. The Kier molecular flexibility index (Phi) is 6.50. The zero-order valence-corrected chi connectivity index (χ0v) is 22.0. The molecule has 1 aliphatic rings. The van der Waals surface area contributed by atoms with Gasteiger partial charge in [-0.3, -0.25) is 0 Å². The molecule has 1 aromatic carbocycles. The molecule has 5 aromatic rings. The molecule has 1 atom stereocenters. The monoisotopic (exact) mass is 548 g/mol. The highest BCUT2D eigenvalue weighted by molar-refractivity contribution is 5.96. The fraction of sp³-hybridized carbons (Fsp3) is 0.296. The number of anilines is 2. The summed E-state index contributed by atoms with van der Waals surface area (Å²) in [5, 5.41) is 7.93. The van der Waals surface area contributed by atoms with Gasteiger partial charge in [0.05, 0.1) is 37.0 Å². The summed E-state index contributed by atoms with van der Waals surface area (Å²) in [6.07, 6.45) is 6.68. The molecule has 6 rings (SSSR count). The van der Waals surface area contributed by atoms with Crippen LogP contribution in [-0.2, 0) is 0 Å². The number of hydrogen-bond donors (Lipinski definition) is 1. The van der Waals surface area contributed by atoms with Crippen LogP contribution in [0, 0.1) is 6.92 Å². The topological polar surface area (TPSA) is 112 Å². The third kappa shape index (κ3) is 4.91. The van der Waals surface area contributed by atoms with Crippen molar-refractivity contribution in [3.05, 3.63) is 60.9 Å². The van der Waals surface area contributed by atoms with Crippen molar-refractivity contribution in [3.8, 4) is 23.1 Å². The fourth-order valence-electron chi connectivity index (χ4n) is 4.69. The van der Waals surface area contributed by atoms with Crippen LogP contribution in [0.2, 0.25) is 0 Å². The second-order valence-electron chi connectivity index (χ2n) is 9.60. The summed E-state index contributed by atoms with van der Waals surface area (Å²) in [7, 11) is 3.07. The van der Waals surface area contributed by atoms with Crippen molar-refractivity contribution in [1.82, 2.24) is 34.4 Å². The van der Waals surface area contributed by atoms with Crippen LogP contribution >= 0.6 is 0 Å². The molecular formula is C27H26F2N8O3. The second-order valence-corrected chi connectivity index (χ2v) is 9.60. The summed E-state index contributed by atoms with van der Waals surface area (Å²) >= 11 is 0. The van der Waals surface area contributed by atoms with Gasteiger partial charge in [0.15, 0.2) is 23.3 Å². The molecule has 206 valence electrons. The highest BCUT2D eigenvalue weighted by atomic mass is 19.3. The molecule has 0 aliphatic carbocycles. The number of fused-ring (bicyclic) bond motifs is 2. The van der Waals surface area contributed by atoms with Gasteiger partial charge in [0, 0.05) is 37.1 Å². The molecule has 5 heterocycles. The van der Waals surface area contributed by atoms with E-state index in [-0.39, 0.29) is 18.1 Å². The highest BCUT2D eigenvalue weighted by Crippen LogP contribution is 2.41. The molecule has 0 bridgehead atoms. The van der Waals surface area contributed by atoms with Crippen molar-refractivity contribution in [2.75, 3.05) is 32.6 Å². The van der Waals surface area contributed by atoms with E-state index in [0.29, 0.717) is 46.1 Å². The van der Waals surface area contributed by atoms with Gasteiger partial charge >= 0.3 is 0 Å². The first-order chi connectivity index (χ1) is 19.3. The Bertz CT molecular complexity index is 1700. The van der Waals surface area contributed by atoms with Crippen LogP contribution in [0.5, 0.6) is 23.1 Å². The Morgan fingerprint density at radius 3 is 2.77 bits per heavy atom. The lowest BCUT2D eigenvalue weighted by Crippen LogP contribution is -2.52. The number of methoxy groups -OCH3 is 1. The maximum absolute atomic E-state index is 14.9. The quantitative estimate of drug-likeness (QED) is 0.309. The number of likely N-dealkylation sites (tertiary alicyclic amines) is 1. The minimum atomic E-state index is -3.06. The van der Waals surface area contributed by atoms with Gasteiger partial charge in [-0.1, -0.05) is 0 Å². The number of hydrogen-bond acceptors (Lipinski definition) is 10. The first-order valence-electron chi connectivity index (χ1n) is 12.6. The molecule has 11 nitrogen and oxygen atoms in total. The molecule has 1 fully saturated rings. The number of benzene rings is 1. The van der Waals surface area contributed by atoms with E-state index in [2.05, 4.69) is 30.4 Å². The van der Waals surface area contributed by atoms with Gasteiger partial charge in [-0.25, -0.2) is 33.2 Å². The van der Waals surface area contributed by atoms with Gasteiger partial charge in [-0.15, -0.1) is 0 Å². The summed E-state index contributed by atoms with van der Waals surface area (Å²) in [4.78, 5) is 18.7. The van der Waals surface area contributed by atoms with Crippen LogP contribution in [0.3, 0.4) is 0 Å². The van der Waals surface area contributed by atoms with Gasteiger partial charge in [0.25, 0.3) is 11.8 Å². The maximum Gasteiger partial charge on any atom is 0.296 e. The average molecular weight is 549 g/mol. The number of nitrogens with one attached hydrogen (secondary N) is 1. The summed E-state index contributed by atoms with van der Waals surface area (Å²) in [6, 6.07) is 7.31. The smallest absolute Gasteiger partial charge is 0.296 e. The van der Waals surface area contributed by atoms with Crippen molar-refractivity contribution in [2.45, 2.75) is 25.4 Å². The van der Waals surface area contributed by atoms with E-state index in [0.717, 1.165) is 5.56 Å². The molecule has 0 amide bonds. The molecule has 0 saturated carbocycles. The first kappa shape index (κ1) is 25.6. The minimum Gasteiger partial charge on any atom is -0.478 e. The number of nitrogens with zero attached hydrogens (tertiary/aromatic N) is 7. The lowest BCUT2D eigenvalue weighted by molar-refractivity contribution is -0.135. The standard InChI is InChI=1S/C27H26F2N8O3/c1-16-10-17(4-5-20(16)39-18-11-22-30-7-9-37(22)34-12-18)35-25-23-19(32-15-33-25)13-31-26(38-3)24(23)40-21-6-8-36(2)14-27(21,28)29/h4-5,7,9-13,15,21H,6,8,14H2,1-3H3,(H,32,33,35)/t21-/m1/s1. The molecule has 1 N–H and O–H groups in total. The second kappa shape index (κ2) is 10.2. The lowest BCUT2D eigenvalue weighted by Gasteiger charge is -2.36. The van der Waals surface area contributed by atoms with Crippen LogP contribution in [-0.4, -0.2) is 73.7 Å². The molecule has 0 unspecified atom stereocenters. The Labute approximate surface area is 227 Å². The number of ether oxygens (including phenoxy) is 3. The van der Waals surface area contributed by atoms with Crippen molar-refractivity contribution in [2.24, 2.45) is 0 Å². The van der Waals surface area contributed by atoms with E-state index in [4.69, 9.17) is 14.2 Å². The molecule has 40 heavy (non-hydrogen) atoms. The van der Waals surface area contributed by atoms with Crippen molar-refractivity contribution < 1.29 is 23.0 Å². The summed E-state index contributed by atoms with van der Waals surface area (Å²) in [5.41, 5.74) is 2.62. The van der Waals surface area contributed by atoms with E-state index in [1.165, 1.54) is 19.6 Å². The number of pyridine rings is 1. The predicted octanol–water partition coefficient (Wildman–Crippen LogP) is 4.64. The number of halogens is 2. The molecule has 0 spiro atoms. The Morgan fingerprint density at radius 2 is 1.98 bits per heavy atom. The van der Waals surface area contributed by atoms with E-state index in [1.807, 2.05) is 25.1 Å². The fourth-order valence-corrected chi connectivity index (χ4v) is 4.69. The normalized spacial score (nSPS) is 17.2. The molecule has 13 heteroatoms.